The van der Waals surface area contributed by atoms with E-state index in [0.29, 0.717) is 12.6 Å². The summed E-state index contributed by atoms with van der Waals surface area (Å²) in [5.41, 5.74) is 2.56. The van der Waals surface area contributed by atoms with Crippen LogP contribution in [-0.4, -0.2) is 47.7 Å². The lowest BCUT2D eigenvalue weighted by molar-refractivity contribution is 0.0792. The lowest BCUT2D eigenvalue weighted by Crippen LogP contribution is -2.42. The monoisotopic (exact) mass is 530 g/mol. The Morgan fingerprint density at radius 2 is 1.73 bits per heavy atom. The van der Waals surface area contributed by atoms with Gasteiger partial charge in [0.25, 0.3) is 0 Å². The maximum Gasteiger partial charge on any atom is 0.191 e. The van der Waals surface area contributed by atoms with Gasteiger partial charge in [-0.2, -0.15) is 0 Å². The van der Waals surface area contributed by atoms with Crippen molar-refractivity contribution < 1.29 is 5.11 Å². The van der Waals surface area contributed by atoms with Gasteiger partial charge in [0.15, 0.2) is 5.96 Å². The molecule has 0 spiro atoms. The number of likely N-dealkylation sites (tertiary alicyclic amines) is 1. The van der Waals surface area contributed by atoms with Crippen molar-refractivity contribution in [3.63, 3.8) is 0 Å². The van der Waals surface area contributed by atoms with E-state index in [2.05, 4.69) is 67.5 Å². The van der Waals surface area contributed by atoms with Crippen LogP contribution in [-0.2, 0) is 13.1 Å². The van der Waals surface area contributed by atoms with Crippen molar-refractivity contribution in [2.45, 2.75) is 85.0 Å². The SMILES string of the molecule is CCNC(=NCc1ccc(CN2CCC(O)CC2)cc1)NC(C)CCCC(C)C.I. The van der Waals surface area contributed by atoms with E-state index in [1.807, 2.05) is 0 Å². The van der Waals surface area contributed by atoms with Crippen molar-refractivity contribution >= 4 is 29.9 Å². The van der Waals surface area contributed by atoms with Gasteiger partial charge in [-0.15, -0.1) is 24.0 Å². The third-order valence-electron chi connectivity index (χ3n) is 5.55. The average Bonchev–Trinajstić information content (AvgIpc) is 2.69. The molecule has 1 fully saturated rings. The first-order valence-electron chi connectivity index (χ1n) is 11.5. The number of hydrogen-bond donors (Lipinski definition) is 3. The van der Waals surface area contributed by atoms with Crippen LogP contribution >= 0.6 is 24.0 Å². The van der Waals surface area contributed by atoms with E-state index < -0.39 is 0 Å². The molecule has 1 saturated heterocycles. The van der Waals surface area contributed by atoms with Gasteiger partial charge in [0.1, 0.15) is 0 Å². The molecule has 6 heteroatoms. The minimum Gasteiger partial charge on any atom is -0.393 e. The zero-order valence-electron chi connectivity index (χ0n) is 19.4. The third-order valence-corrected chi connectivity index (χ3v) is 5.55. The molecule has 1 atom stereocenters. The quantitative estimate of drug-likeness (QED) is 0.236. The van der Waals surface area contributed by atoms with E-state index in [-0.39, 0.29) is 30.1 Å². The first-order chi connectivity index (χ1) is 14.0. The largest absolute Gasteiger partial charge is 0.393 e. The van der Waals surface area contributed by atoms with Crippen LogP contribution in [0.25, 0.3) is 0 Å². The summed E-state index contributed by atoms with van der Waals surface area (Å²) in [6.45, 7) is 13.4. The van der Waals surface area contributed by atoms with E-state index in [9.17, 15) is 5.11 Å². The van der Waals surface area contributed by atoms with Crippen molar-refractivity contribution in [1.82, 2.24) is 15.5 Å². The van der Waals surface area contributed by atoms with E-state index in [4.69, 9.17) is 4.99 Å². The number of halogens is 1. The maximum atomic E-state index is 9.64. The second-order valence-corrected chi connectivity index (χ2v) is 8.89. The fourth-order valence-corrected chi connectivity index (χ4v) is 3.71. The summed E-state index contributed by atoms with van der Waals surface area (Å²) in [4.78, 5) is 7.20. The standard InChI is InChI=1S/C24H42N4O.HI/c1-5-25-24(27-20(4)8-6-7-19(2)3)26-17-21-9-11-22(12-10-21)18-28-15-13-23(29)14-16-28;/h9-12,19-20,23,29H,5-8,13-18H2,1-4H3,(H2,25,26,27);1H. The summed E-state index contributed by atoms with van der Waals surface area (Å²) in [5.74, 6) is 1.68. The van der Waals surface area contributed by atoms with Crippen molar-refractivity contribution in [2.75, 3.05) is 19.6 Å². The second kappa shape index (κ2) is 15.0. The second-order valence-electron chi connectivity index (χ2n) is 8.89. The number of aliphatic hydroxyl groups excluding tert-OH is 1. The molecule has 1 aliphatic rings. The Morgan fingerprint density at radius 1 is 1.10 bits per heavy atom. The molecule has 0 radical (unpaired) electrons. The molecule has 1 aromatic rings. The number of piperidine rings is 1. The fourth-order valence-electron chi connectivity index (χ4n) is 3.71. The molecule has 30 heavy (non-hydrogen) atoms. The van der Waals surface area contributed by atoms with Crippen LogP contribution in [0.4, 0.5) is 0 Å². The number of rotatable bonds is 10. The molecule has 0 saturated carbocycles. The van der Waals surface area contributed by atoms with Gasteiger partial charge in [-0.05, 0) is 50.2 Å². The van der Waals surface area contributed by atoms with Crippen LogP contribution in [0.5, 0.6) is 0 Å². The Labute approximate surface area is 201 Å². The molecule has 0 aliphatic carbocycles. The van der Waals surface area contributed by atoms with Gasteiger partial charge in [-0.1, -0.05) is 51.0 Å². The Kier molecular flexibility index (Phi) is 13.6. The number of benzene rings is 1. The number of nitrogens with zero attached hydrogens (tertiary/aromatic N) is 2. The highest BCUT2D eigenvalue weighted by atomic mass is 127. The highest BCUT2D eigenvalue weighted by Crippen LogP contribution is 2.14. The molecule has 0 bridgehead atoms. The molecule has 1 aromatic carbocycles. The van der Waals surface area contributed by atoms with Gasteiger partial charge >= 0.3 is 0 Å². The topological polar surface area (TPSA) is 59.9 Å². The third kappa shape index (κ3) is 11.0. The van der Waals surface area contributed by atoms with Crippen LogP contribution in [0.2, 0.25) is 0 Å². The lowest BCUT2D eigenvalue weighted by atomic mass is 10.0. The van der Waals surface area contributed by atoms with Crippen LogP contribution in [0.15, 0.2) is 29.3 Å². The van der Waals surface area contributed by atoms with Crippen LogP contribution in [0.3, 0.4) is 0 Å². The van der Waals surface area contributed by atoms with Crippen molar-refractivity contribution in [2.24, 2.45) is 10.9 Å². The van der Waals surface area contributed by atoms with Gasteiger partial charge in [0.2, 0.25) is 0 Å². The number of hydrogen-bond acceptors (Lipinski definition) is 3. The molecular formula is C24H43IN4O. The summed E-state index contributed by atoms with van der Waals surface area (Å²) < 4.78 is 0. The van der Waals surface area contributed by atoms with Crippen molar-refractivity contribution in [3.05, 3.63) is 35.4 Å². The summed E-state index contributed by atoms with van der Waals surface area (Å²) in [6.07, 6.45) is 5.38. The molecule has 1 heterocycles. The maximum absolute atomic E-state index is 9.64. The summed E-state index contributed by atoms with van der Waals surface area (Å²) in [5, 5.41) is 16.5. The molecule has 2 rings (SSSR count). The van der Waals surface area contributed by atoms with Gasteiger partial charge in [0, 0.05) is 32.2 Å². The predicted octanol–water partition coefficient (Wildman–Crippen LogP) is 4.53. The molecular weight excluding hydrogens is 487 g/mol. The zero-order valence-corrected chi connectivity index (χ0v) is 21.7. The average molecular weight is 531 g/mol. The van der Waals surface area contributed by atoms with Gasteiger partial charge in [0.05, 0.1) is 12.6 Å². The minimum atomic E-state index is -0.107. The fraction of sp³-hybridized carbons (Fsp3) is 0.708. The number of aliphatic imine (C=N–C) groups is 1. The smallest absolute Gasteiger partial charge is 0.191 e. The molecule has 3 N–H and O–H groups in total. The van der Waals surface area contributed by atoms with Crippen molar-refractivity contribution in [3.8, 4) is 0 Å². The summed E-state index contributed by atoms with van der Waals surface area (Å²) in [6, 6.07) is 9.23. The van der Waals surface area contributed by atoms with Crippen LogP contribution in [0.1, 0.15) is 70.9 Å². The summed E-state index contributed by atoms with van der Waals surface area (Å²) in [7, 11) is 0. The number of guanidine groups is 1. The molecule has 172 valence electrons. The Bertz CT molecular complexity index is 598. The number of aliphatic hydroxyl groups is 1. The van der Waals surface area contributed by atoms with Crippen LogP contribution < -0.4 is 10.6 Å². The Balaban J connectivity index is 0.00000450. The van der Waals surface area contributed by atoms with E-state index in [1.54, 1.807) is 0 Å². The first-order valence-corrected chi connectivity index (χ1v) is 11.5. The first kappa shape index (κ1) is 27.2. The van der Waals surface area contributed by atoms with Crippen molar-refractivity contribution in [1.29, 1.82) is 0 Å². The molecule has 0 aromatic heterocycles. The Hall–Kier alpha value is -0.860. The van der Waals surface area contributed by atoms with Crippen LogP contribution in [0, 0.1) is 5.92 Å². The zero-order chi connectivity index (χ0) is 21.1. The van der Waals surface area contributed by atoms with E-state index >= 15 is 0 Å². The van der Waals surface area contributed by atoms with E-state index in [0.717, 1.165) is 50.9 Å². The van der Waals surface area contributed by atoms with Gasteiger partial charge in [-0.25, -0.2) is 4.99 Å². The predicted molar refractivity (Wildman–Crippen MR) is 138 cm³/mol. The minimum absolute atomic E-state index is 0. The molecule has 5 nitrogen and oxygen atoms in total. The normalized spacial score (nSPS) is 16.9. The molecule has 0 amide bonds. The molecule has 1 aliphatic heterocycles. The Morgan fingerprint density at radius 3 is 2.33 bits per heavy atom. The highest BCUT2D eigenvalue weighted by molar-refractivity contribution is 14.0. The highest BCUT2D eigenvalue weighted by Gasteiger charge is 2.16. The lowest BCUT2D eigenvalue weighted by Gasteiger charge is -2.29. The number of nitrogens with one attached hydrogen (secondary N) is 2. The van der Waals surface area contributed by atoms with E-state index in [1.165, 1.54) is 30.4 Å². The van der Waals surface area contributed by atoms with Gasteiger partial charge < -0.3 is 15.7 Å². The molecule has 1 unspecified atom stereocenters. The van der Waals surface area contributed by atoms with Gasteiger partial charge in [-0.3, -0.25) is 4.90 Å². The summed E-state index contributed by atoms with van der Waals surface area (Å²) >= 11 is 0.